The first-order valence-corrected chi connectivity index (χ1v) is 6.89. The van der Waals surface area contributed by atoms with E-state index in [0.717, 1.165) is 31.0 Å². The molecule has 0 radical (unpaired) electrons. The summed E-state index contributed by atoms with van der Waals surface area (Å²) in [5.74, 6) is 0.682. The molecule has 1 aliphatic rings. The lowest BCUT2D eigenvalue weighted by atomic mass is 9.97. The van der Waals surface area contributed by atoms with E-state index in [0.29, 0.717) is 11.5 Å². The van der Waals surface area contributed by atoms with Gasteiger partial charge in [0.05, 0.1) is 5.56 Å². The molecule has 1 aromatic rings. The summed E-state index contributed by atoms with van der Waals surface area (Å²) < 4.78 is 0. The minimum absolute atomic E-state index is 0.112. The van der Waals surface area contributed by atoms with Crippen molar-refractivity contribution in [1.82, 2.24) is 10.2 Å². The van der Waals surface area contributed by atoms with Crippen molar-refractivity contribution in [2.45, 2.75) is 17.7 Å². The predicted molar refractivity (Wildman–Crippen MR) is 76.2 cm³/mol. The van der Waals surface area contributed by atoms with E-state index in [2.05, 4.69) is 17.9 Å². The van der Waals surface area contributed by atoms with Gasteiger partial charge >= 0.3 is 0 Å². The summed E-state index contributed by atoms with van der Waals surface area (Å²) in [5, 5.41) is 3.19. The van der Waals surface area contributed by atoms with E-state index in [4.69, 9.17) is 0 Å². The van der Waals surface area contributed by atoms with Gasteiger partial charge in [0.1, 0.15) is 0 Å². The maximum absolute atomic E-state index is 12.4. The molecule has 0 saturated carbocycles. The fourth-order valence-electron chi connectivity index (χ4n) is 2.53. The number of hydrogen-bond acceptors (Lipinski definition) is 3. The second-order valence-corrected chi connectivity index (χ2v) is 5.32. The van der Waals surface area contributed by atoms with Crippen molar-refractivity contribution in [2.24, 2.45) is 5.92 Å². The third-order valence-electron chi connectivity index (χ3n) is 3.43. The molecular formula is C14H20N2OS. The van der Waals surface area contributed by atoms with Crippen molar-refractivity contribution in [3.63, 3.8) is 0 Å². The zero-order valence-corrected chi connectivity index (χ0v) is 11.6. The summed E-state index contributed by atoms with van der Waals surface area (Å²) in [6, 6.07) is 7.51. The molecule has 1 heterocycles. The summed E-state index contributed by atoms with van der Waals surface area (Å²) in [5.41, 5.74) is 0.714. The molecule has 0 aliphatic carbocycles. The number of rotatable bonds is 3. The van der Waals surface area contributed by atoms with E-state index in [1.54, 1.807) is 0 Å². The van der Waals surface area contributed by atoms with Gasteiger partial charge in [-0.15, -0.1) is 12.6 Å². The van der Waals surface area contributed by atoms with E-state index < -0.39 is 0 Å². The van der Waals surface area contributed by atoms with E-state index in [1.165, 1.54) is 6.42 Å². The Morgan fingerprint density at radius 3 is 3.00 bits per heavy atom. The maximum atomic E-state index is 12.4. The van der Waals surface area contributed by atoms with Gasteiger partial charge in [-0.3, -0.25) is 4.79 Å². The van der Waals surface area contributed by atoms with Crippen LogP contribution in [-0.4, -0.2) is 37.5 Å². The van der Waals surface area contributed by atoms with Gasteiger partial charge in [0.25, 0.3) is 5.91 Å². The number of benzene rings is 1. The van der Waals surface area contributed by atoms with Crippen LogP contribution >= 0.6 is 12.6 Å². The highest BCUT2D eigenvalue weighted by Crippen LogP contribution is 2.21. The minimum Gasteiger partial charge on any atom is -0.338 e. The normalized spacial score (nSPS) is 19.9. The summed E-state index contributed by atoms with van der Waals surface area (Å²) in [6.45, 7) is 2.69. The van der Waals surface area contributed by atoms with Crippen molar-refractivity contribution in [3.05, 3.63) is 29.8 Å². The molecule has 0 spiro atoms. The van der Waals surface area contributed by atoms with Gasteiger partial charge in [-0.1, -0.05) is 12.1 Å². The predicted octanol–water partition coefficient (Wildman–Crippen LogP) is 2.05. The lowest BCUT2D eigenvalue weighted by Gasteiger charge is -2.33. The third-order valence-corrected chi connectivity index (χ3v) is 3.82. The van der Waals surface area contributed by atoms with E-state index in [1.807, 2.05) is 36.2 Å². The van der Waals surface area contributed by atoms with Crippen molar-refractivity contribution in [3.8, 4) is 0 Å². The van der Waals surface area contributed by atoms with Crippen LogP contribution in [0.15, 0.2) is 29.2 Å². The summed E-state index contributed by atoms with van der Waals surface area (Å²) >= 11 is 4.36. The Bertz CT molecular complexity index is 420. The first-order chi connectivity index (χ1) is 8.72. The Labute approximate surface area is 114 Å². The van der Waals surface area contributed by atoms with E-state index in [9.17, 15) is 4.79 Å². The standard InChI is InChI=1S/C14H20N2OS/c1-15-9-11-5-4-8-16(10-11)14(17)12-6-2-3-7-13(12)18/h2-3,6-7,11,15,18H,4-5,8-10H2,1H3. The van der Waals surface area contributed by atoms with Gasteiger partial charge in [-0.25, -0.2) is 0 Å². The molecule has 1 aromatic carbocycles. The fourth-order valence-corrected chi connectivity index (χ4v) is 2.79. The smallest absolute Gasteiger partial charge is 0.254 e. The van der Waals surface area contributed by atoms with Crippen LogP contribution in [0.25, 0.3) is 0 Å². The zero-order chi connectivity index (χ0) is 13.0. The molecule has 1 fully saturated rings. The molecule has 4 heteroatoms. The lowest BCUT2D eigenvalue weighted by molar-refractivity contribution is 0.0671. The number of thiol groups is 1. The van der Waals surface area contributed by atoms with Crippen LogP contribution in [0.4, 0.5) is 0 Å². The monoisotopic (exact) mass is 264 g/mol. The number of hydrogen-bond donors (Lipinski definition) is 2. The molecule has 0 aromatic heterocycles. The number of nitrogens with one attached hydrogen (secondary N) is 1. The van der Waals surface area contributed by atoms with Gasteiger partial charge in [-0.2, -0.15) is 0 Å². The van der Waals surface area contributed by atoms with Crippen LogP contribution in [0.2, 0.25) is 0 Å². The first-order valence-electron chi connectivity index (χ1n) is 6.44. The highest BCUT2D eigenvalue weighted by atomic mass is 32.1. The maximum Gasteiger partial charge on any atom is 0.254 e. The third kappa shape index (κ3) is 3.06. The van der Waals surface area contributed by atoms with Crippen LogP contribution in [0, 0.1) is 5.92 Å². The van der Waals surface area contributed by atoms with Gasteiger partial charge in [0, 0.05) is 18.0 Å². The molecule has 18 heavy (non-hydrogen) atoms. The van der Waals surface area contributed by atoms with Crippen molar-refractivity contribution in [2.75, 3.05) is 26.7 Å². The topological polar surface area (TPSA) is 32.3 Å². The van der Waals surface area contributed by atoms with Crippen LogP contribution in [-0.2, 0) is 0 Å². The number of amides is 1. The van der Waals surface area contributed by atoms with E-state index in [-0.39, 0.29) is 5.91 Å². The van der Waals surface area contributed by atoms with Gasteiger partial charge in [0.2, 0.25) is 0 Å². The molecule has 2 rings (SSSR count). The molecule has 0 bridgehead atoms. The molecule has 1 N–H and O–H groups in total. The second-order valence-electron chi connectivity index (χ2n) is 4.83. The first kappa shape index (κ1) is 13.4. The highest BCUT2D eigenvalue weighted by molar-refractivity contribution is 7.80. The molecule has 1 aliphatic heterocycles. The molecular weight excluding hydrogens is 244 g/mol. The largest absolute Gasteiger partial charge is 0.338 e. The lowest BCUT2D eigenvalue weighted by Crippen LogP contribution is -2.42. The van der Waals surface area contributed by atoms with Crippen LogP contribution < -0.4 is 5.32 Å². The number of piperidine rings is 1. The second kappa shape index (κ2) is 6.25. The minimum atomic E-state index is 0.112. The van der Waals surface area contributed by atoms with Gasteiger partial charge in [0.15, 0.2) is 0 Å². The Morgan fingerprint density at radius 1 is 1.50 bits per heavy atom. The molecule has 1 unspecified atom stereocenters. The Hall–Kier alpha value is -1.00. The van der Waals surface area contributed by atoms with Crippen LogP contribution in [0.1, 0.15) is 23.2 Å². The van der Waals surface area contributed by atoms with Crippen molar-refractivity contribution < 1.29 is 4.79 Å². The molecule has 1 atom stereocenters. The molecule has 1 saturated heterocycles. The van der Waals surface area contributed by atoms with Gasteiger partial charge < -0.3 is 10.2 Å². The SMILES string of the molecule is CNCC1CCCN(C(=O)c2ccccc2S)C1. The number of carbonyl (C=O) groups is 1. The fraction of sp³-hybridized carbons (Fsp3) is 0.500. The molecule has 3 nitrogen and oxygen atoms in total. The van der Waals surface area contributed by atoms with Crippen LogP contribution in [0.5, 0.6) is 0 Å². The average Bonchev–Trinajstić information content (AvgIpc) is 2.39. The highest BCUT2D eigenvalue weighted by Gasteiger charge is 2.24. The van der Waals surface area contributed by atoms with Crippen LogP contribution in [0.3, 0.4) is 0 Å². The Balaban J connectivity index is 2.07. The quantitative estimate of drug-likeness (QED) is 0.819. The average molecular weight is 264 g/mol. The molecule has 98 valence electrons. The Morgan fingerprint density at radius 2 is 2.28 bits per heavy atom. The van der Waals surface area contributed by atoms with Crippen molar-refractivity contribution in [1.29, 1.82) is 0 Å². The summed E-state index contributed by atoms with van der Waals surface area (Å²) in [4.78, 5) is 15.1. The number of nitrogens with zero attached hydrogens (tertiary/aromatic N) is 1. The van der Waals surface area contributed by atoms with Gasteiger partial charge in [-0.05, 0) is 44.5 Å². The molecule has 1 amide bonds. The summed E-state index contributed by atoms with van der Waals surface area (Å²) in [6.07, 6.45) is 2.29. The Kier molecular flexibility index (Phi) is 4.66. The number of carbonyl (C=O) groups excluding carboxylic acids is 1. The summed E-state index contributed by atoms with van der Waals surface area (Å²) in [7, 11) is 1.96. The number of likely N-dealkylation sites (tertiary alicyclic amines) is 1. The van der Waals surface area contributed by atoms with E-state index >= 15 is 0 Å². The van der Waals surface area contributed by atoms with Crippen molar-refractivity contribution >= 4 is 18.5 Å². The zero-order valence-electron chi connectivity index (χ0n) is 10.7.